The fraction of sp³-hybridized carbons (Fsp3) is 0.200. The lowest BCUT2D eigenvalue weighted by Crippen LogP contribution is -2.27. The minimum Gasteiger partial charge on any atom is -0.493 e. The van der Waals surface area contributed by atoms with E-state index in [1.807, 2.05) is 12.1 Å². The molecule has 0 amide bonds. The maximum absolute atomic E-state index is 9.59. The van der Waals surface area contributed by atoms with Crippen LogP contribution in [0.4, 0.5) is 0 Å². The maximum Gasteiger partial charge on any atom is 0.491 e. The molecule has 0 radical (unpaired) electrons. The lowest BCUT2D eigenvalue weighted by Gasteiger charge is -2.11. The molecule has 6 heteroatoms. The van der Waals surface area contributed by atoms with Crippen molar-refractivity contribution in [1.29, 1.82) is 0 Å². The van der Waals surface area contributed by atoms with Gasteiger partial charge in [-0.15, -0.1) is 0 Å². The molecule has 0 bridgehead atoms. The monoisotopic (exact) mass is 286 g/mol. The molecule has 3 rings (SSSR count). The van der Waals surface area contributed by atoms with Gasteiger partial charge in [-0.1, -0.05) is 6.07 Å². The van der Waals surface area contributed by atoms with Gasteiger partial charge in [0.2, 0.25) is 0 Å². The second kappa shape index (κ2) is 5.67. The molecule has 0 spiro atoms. The Morgan fingerprint density at radius 3 is 2.48 bits per heavy atom. The molecule has 5 nitrogen and oxygen atoms in total. The van der Waals surface area contributed by atoms with Gasteiger partial charge in [-0.3, -0.25) is 0 Å². The molecule has 1 heterocycles. The molecular formula is C15H15BO5. The average Bonchev–Trinajstić information content (AvgIpc) is 2.88. The highest BCUT2D eigenvalue weighted by Crippen LogP contribution is 2.33. The summed E-state index contributed by atoms with van der Waals surface area (Å²) in [5.74, 6) is 2.58. The van der Waals surface area contributed by atoms with Gasteiger partial charge in [-0.05, 0) is 35.3 Å². The molecule has 0 aliphatic carbocycles. The zero-order chi connectivity index (χ0) is 14.8. The highest BCUT2D eigenvalue weighted by molar-refractivity contribution is 6.61. The Kier molecular flexibility index (Phi) is 3.73. The molecular weight excluding hydrogens is 271 g/mol. The molecule has 0 saturated heterocycles. The summed E-state index contributed by atoms with van der Waals surface area (Å²) in [5, 5.41) is 9.59. The molecule has 108 valence electrons. The molecule has 21 heavy (non-hydrogen) atoms. The number of methoxy groups -OCH3 is 2. The summed E-state index contributed by atoms with van der Waals surface area (Å²) in [6.07, 6.45) is 0. The topological polar surface area (TPSA) is 57.2 Å². The molecule has 0 atom stereocenters. The van der Waals surface area contributed by atoms with E-state index in [9.17, 15) is 5.02 Å². The summed E-state index contributed by atoms with van der Waals surface area (Å²) in [5.41, 5.74) is 1.72. The summed E-state index contributed by atoms with van der Waals surface area (Å²) in [6.45, 7) is 0.389. The molecule has 2 aromatic rings. The lowest BCUT2D eigenvalue weighted by atomic mass is 9.80. The van der Waals surface area contributed by atoms with Gasteiger partial charge in [0.15, 0.2) is 11.5 Å². The van der Waals surface area contributed by atoms with E-state index in [1.165, 1.54) is 0 Å². The Labute approximate surface area is 123 Å². The fourth-order valence-corrected chi connectivity index (χ4v) is 2.29. The van der Waals surface area contributed by atoms with E-state index in [0.717, 1.165) is 11.0 Å². The Bertz CT molecular complexity index is 650. The Morgan fingerprint density at radius 2 is 1.71 bits per heavy atom. The van der Waals surface area contributed by atoms with Crippen LogP contribution in [-0.2, 0) is 11.3 Å². The van der Waals surface area contributed by atoms with Gasteiger partial charge in [0, 0.05) is 6.07 Å². The van der Waals surface area contributed by atoms with E-state index < -0.39 is 7.12 Å². The maximum atomic E-state index is 9.59. The van der Waals surface area contributed by atoms with Crippen molar-refractivity contribution in [2.24, 2.45) is 0 Å². The molecule has 0 unspecified atom stereocenters. The molecule has 0 fully saturated rings. The number of fused-ring (bicyclic) bond motifs is 1. The van der Waals surface area contributed by atoms with E-state index >= 15 is 0 Å². The van der Waals surface area contributed by atoms with Crippen molar-refractivity contribution < 1.29 is 23.9 Å². The Hall–Kier alpha value is -2.18. The van der Waals surface area contributed by atoms with Crippen LogP contribution < -0.4 is 19.7 Å². The first-order valence-corrected chi connectivity index (χ1v) is 6.53. The van der Waals surface area contributed by atoms with Crippen LogP contribution in [0, 0.1) is 0 Å². The van der Waals surface area contributed by atoms with Crippen molar-refractivity contribution in [3.8, 4) is 23.0 Å². The summed E-state index contributed by atoms with van der Waals surface area (Å²) in [7, 11) is 2.33. The van der Waals surface area contributed by atoms with Gasteiger partial charge in [-0.2, -0.15) is 0 Å². The zero-order valence-electron chi connectivity index (χ0n) is 11.8. The van der Waals surface area contributed by atoms with Gasteiger partial charge in [0.25, 0.3) is 0 Å². The van der Waals surface area contributed by atoms with E-state index in [0.29, 0.717) is 29.6 Å². The van der Waals surface area contributed by atoms with Crippen molar-refractivity contribution in [3.63, 3.8) is 0 Å². The van der Waals surface area contributed by atoms with Crippen molar-refractivity contribution >= 4 is 12.6 Å². The van der Waals surface area contributed by atoms with Crippen LogP contribution in [-0.4, -0.2) is 26.4 Å². The molecule has 0 saturated carbocycles. The van der Waals surface area contributed by atoms with Crippen LogP contribution in [0.5, 0.6) is 23.0 Å². The normalized spacial score (nSPS) is 13.0. The molecule has 1 N–H and O–H groups in total. The van der Waals surface area contributed by atoms with Crippen molar-refractivity contribution in [1.82, 2.24) is 0 Å². The third-order valence-electron chi connectivity index (χ3n) is 3.37. The van der Waals surface area contributed by atoms with Crippen LogP contribution in [0.2, 0.25) is 0 Å². The quantitative estimate of drug-likeness (QED) is 0.867. The predicted octanol–water partition coefficient (Wildman–Crippen LogP) is 1.71. The van der Waals surface area contributed by atoms with E-state index in [2.05, 4.69) is 0 Å². The first-order chi connectivity index (χ1) is 10.2. The van der Waals surface area contributed by atoms with Crippen molar-refractivity contribution in [2.75, 3.05) is 14.2 Å². The number of hydrogen-bond donors (Lipinski definition) is 1. The minimum absolute atomic E-state index is 0.389. The van der Waals surface area contributed by atoms with Crippen LogP contribution in [0.3, 0.4) is 0 Å². The SMILES string of the molecule is COc1ccc(Oc2ccc3c(c2)COB3O)cc1OC. The predicted molar refractivity (Wildman–Crippen MR) is 78.5 cm³/mol. The Balaban J connectivity index is 1.84. The van der Waals surface area contributed by atoms with Crippen LogP contribution in [0.1, 0.15) is 5.56 Å². The van der Waals surface area contributed by atoms with E-state index in [-0.39, 0.29) is 0 Å². The molecule has 2 aromatic carbocycles. The average molecular weight is 286 g/mol. The van der Waals surface area contributed by atoms with Crippen LogP contribution >= 0.6 is 0 Å². The second-order valence-corrected chi connectivity index (χ2v) is 4.64. The van der Waals surface area contributed by atoms with Gasteiger partial charge in [0.1, 0.15) is 11.5 Å². The number of benzene rings is 2. The van der Waals surface area contributed by atoms with Crippen molar-refractivity contribution in [2.45, 2.75) is 6.61 Å². The largest absolute Gasteiger partial charge is 0.493 e. The molecule has 1 aliphatic heterocycles. The Morgan fingerprint density at radius 1 is 1.00 bits per heavy atom. The zero-order valence-corrected chi connectivity index (χ0v) is 11.8. The molecule has 1 aliphatic rings. The third kappa shape index (κ3) is 2.68. The smallest absolute Gasteiger partial charge is 0.491 e. The van der Waals surface area contributed by atoms with E-state index in [1.54, 1.807) is 38.5 Å². The first-order valence-electron chi connectivity index (χ1n) is 6.53. The summed E-state index contributed by atoms with van der Waals surface area (Å²) in [4.78, 5) is 0. The van der Waals surface area contributed by atoms with Crippen LogP contribution in [0.15, 0.2) is 36.4 Å². The highest BCUT2D eigenvalue weighted by atomic mass is 16.5. The number of hydrogen-bond acceptors (Lipinski definition) is 5. The van der Waals surface area contributed by atoms with Gasteiger partial charge < -0.3 is 23.9 Å². The number of rotatable bonds is 4. The third-order valence-corrected chi connectivity index (χ3v) is 3.37. The van der Waals surface area contributed by atoms with Crippen LogP contribution in [0.25, 0.3) is 0 Å². The summed E-state index contributed by atoms with van der Waals surface area (Å²) < 4.78 is 21.4. The highest BCUT2D eigenvalue weighted by Gasteiger charge is 2.27. The van der Waals surface area contributed by atoms with Gasteiger partial charge in [-0.25, -0.2) is 0 Å². The second-order valence-electron chi connectivity index (χ2n) is 4.64. The first kappa shape index (κ1) is 13.8. The van der Waals surface area contributed by atoms with Gasteiger partial charge >= 0.3 is 7.12 Å². The number of ether oxygens (including phenoxy) is 3. The standard InChI is InChI=1S/C15H15BO5/c1-18-14-6-4-12(8-15(14)19-2)21-11-3-5-13-10(7-11)9-20-16(13)17/h3-8,17H,9H2,1-2H3. The van der Waals surface area contributed by atoms with Gasteiger partial charge in [0.05, 0.1) is 20.8 Å². The fourth-order valence-electron chi connectivity index (χ4n) is 2.29. The summed E-state index contributed by atoms with van der Waals surface area (Å²) in [6, 6.07) is 10.8. The van der Waals surface area contributed by atoms with E-state index in [4.69, 9.17) is 18.9 Å². The lowest BCUT2D eigenvalue weighted by molar-refractivity contribution is 0.275. The van der Waals surface area contributed by atoms with Crippen molar-refractivity contribution in [3.05, 3.63) is 42.0 Å². The minimum atomic E-state index is -0.838. The summed E-state index contributed by atoms with van der Waals surface area (Å²) >= 11 is 0. The molecule has 0 aromatic heterocycles.